The summed E-state index contributed by atoms with van der Waals surface area (Å²) in [5, 5.41) is 17.1. The van der Waals surface area contributed by atoms with Gasteiger partial charge in [0.15, 0.2) is 16.4 Å². The van der Waals surface area contributed by atoms with Crippen molar-refractivity contribution < 1.29 is 9.52 Å². The van der Waals surface area contributed by atoms with Gasteiger partial charge in [-0.05, 0) is 31.6 Å². The Bertz CT molecular complexity index is 1000. The number of nitrogens with zero attached hydrogens (tertiary/aromatic N) is 2. The zero-order chi connectivity index (χ0) is 24.7. The molecule has 6 heteroatoms. The van der Waals surface area contributed by atoms with E-state index in [1.54, 1.807) is 0 Å². The molecule has 1 N–H and O–H groups in total. The Labute approximate surface area is 209 Å². The Morgan fingerprint density at radius 2 is 1.59 bits per heavy atom. The maximum Gasteiger partial charge on any atom is 0.280 e. The third kappa shape index (κ3) is 5.48. The number of carbonyl (C=O) groups excluding carboxylic acids is 1. The van der Waals surface area contributed by atoms with Gasteiger partial charge in [0.2, 0.25) is 0 Å². The van der Waals surface area contributed by atoms with Gasteiger partial charge in [-0.3, -0.25) is 4.79 Å². The Morgan fingerprint density at radius 1 is 1.00 bits per heavy atom. The molecule has 0 radical (unpaired) electrons. The van der Waals surface area contributed by atoms with Crippen LogP contribution in [0.15, 0.2) is 12.1 Å². The number of hydrogen-bond acceptors (Lipinski definition) is 4. The lowest BCUT2D eigenvalue weighted by Gasteiger charge is -2.25. The first kappa shape index (κ1) is 25.2. The van der Waals surface area contributed by atoms with Crippen molar-refractivity contribution in [3.8, 4) is 10.4 Å². The normalized spacial score (nSPS) is 18.1. The van der Waals surface area contributed by atoms with Crippen LogP contribution in [-0.2, 0) is 17.3 Å². The van der Waals surface area contributed by atoms with Crippen LogP contribution >= 0.6 is 11.3 Å². The minimum Gasteiger partial charge on any atom is -0.618 e. The summed E-state index contributed by atoms with van der Waals surface area (Å²) >= 11 is 1.50. The van der Waals surface area contributed by atoms with Crippen molar-refractivity contribution >= 4 is 17.2 Å². The molecular weight excluding hydrogens is 442 g/mol. The molecule has 0 saturated heterocycles. The number of aromatic nitrogens is 2. The van der Waals surface area contributed by atoms with Crippen LogP contribution in [-0.4, -0.2) is 16.9 Å². The van der Waals surface area contributed by atoms with E-state index in [1.807, 2.05) is 12.1 Å². The molecule has 0 bridgehead atoms. The third-order valence-corrected chi connectivity index (χ3v) is 8.51. The molecule has 34 heavy (non-hydrogen) atoms. The lowest BCUT2D eigenvalue weighted by molar-refractivity contribution is -0.629. The van der Waals surface area contributed by atoms with E-state index in [4.69, 9.17) is 4.98 Å². The molecule has 2 aromatic heterocycles. The first-order valence-electron chi connectivity index (χ1n) is 13.0. The highest BCUT2D eigenvalue weighted by Gasteiger charge is 2.33. The molecule has 1 amide bonds. The smallest absolute Gasteiger partial charge is 0.280 e. The van der Waals surface area contributed by atoms with E-state index in [0.29, 0.717) is 10.9 Å². The van der Waals surface area contributed by atoms with Crippen molar-refractivity contribution in [2.24, 2.45) is 5.92 Å². The lowest BCUT2D eigenvalue weighted by atomic mass is 9.84. The Hall–Kier alpha value is -1.95. The molecule has 4 rings (SSSR count). The quantitative estimate of drug-likeness (QED) is 0.393. The summed E-state index contributed by atoms with van der Waals surface area (Å²) in [6, 6.07) is 4.36. The second kappa shape index (κ2) is 9.60. The van der Waals surface area contributed by atoms with Gasteiger partial charge < -0.3 is 10.5 Å². The minimum absolute atomic E-state index is 0.0484. The molecule has 2 aromatic rings. The zero-order valence-electron chi connectivity index (χ0n) is 21.8. The molecule has 2 aliphatic rings. The molecular formula is C28H41N3O2S. The van der Waals surface area contributed by atoms with Crippen LogP contribution in [0.5, 0.6) is 0 Å². The van der Waals surface area contributed by atoms with Crippen LogP contribution in [0.2, 0.25) is 0 Å². The van der Waals surface area contributed by atoms with Crippen molar-refractivity contribution in [2.45, 2.75) is 116 Å². The average molecular weight is 484 g/mol. The summed E-state index contributed by atoms with van der Waals surface area (Å²) < 4.78 is 1.12. The van der Waals surface area contributed by atoms with Gasteiger partial charge in [-0.15, -0.1) is 11.3 Å². The highest BCUT2D eigenvalue weighted by molar-refractivity contribution is 7.17. The Kier molecular flexibility index (Phi) is 7.10. The first-order chi connectivity index (χ1) is 15.9. The predicted molar refractivity (Wildman–Crippen MR) is 139 cm³/mol. The number of hydrogen-bond donors (Lipinski definition) is 1. The minimum atomic E-state index is -0.295. The largest absolute Gasteiger partial charge is 0.618 e. The molecule has 5 nitrogen and oxygen atoms in total. The summed E-state index contributed by atoms with van der Waals surface area (Å²) in [6.45, 7) is 12.5. The topological polar surface area (TPSA) is 68.9 Å². The fraction of sp³-hybridized carbons (Fsp3) is 0.679. The van der Waals surface area contributed by atoms with Gasteiger partial charge in [0.25, 0.3) is 5.91 Å². The van der Waals surface area contributed by atoms with E-state index >= 15 is 0 Å². The summed E-state index contributed by atoms with van der Waals surface area (Å²) in [5.74, 6) is 0.572. The van der Waals surface area contributed by atoms with Crippen LogP contribution in [0.4, 0.5) is 0 Å². The molecule has 0 atom stereocenters. The standard InChI is InChI=1S/C28H41N3O2S/c1-27(2,3)22-16-19(17-23(31(22)33)28(4,5)6)24-21(15-18-11-8-7-9-12-18)30-26(34-24)25(32)29-20-13-10-14-20/h16-18,20H,7-15H2,1-6H3,(H,29,32). The van der Waals surface area contributed by atoms with Crippen LogP contribution in [0.3, 0.4) is 0 Å². The number of pyridine rings is 1. The highest BCUT2D eigenvalue weighted by Crippen LogP contribution is 2.38. The van der Waals surface area contributed by atoms with Gasteiger partial charge in [-0.25, -0.2) is 4.98 Å². The molecule has 0 aliphatic heterocycles. The molecule has 2 heterocycles. The van der Waals surface area contributed by atoms with Gasteiger partial charge in [-0.1, -0.05) is 73.6 Å². The average Bonchev–Trinajstić information content (AvgIpc) is 3.13. The second-order valence-electron chi connectivity index (χ2n) is 12.4. The van der Waals surface area contributed by atoms with Gasteiger partial charge in [-0.2, -0.15) is 4.73 Å². The van der Waals surface area contributed by atoms with E-state index in [9.17, 15) is 10.0 Å². The Balaban J connectivity index is 1.80. The van der Waals surface area contributed by atoms with E-state index < -0.39 is 0 Å². The number of rotatable bonds is 5. The lowest BCUT2D eigenvalue weighted by Crippen LogP contribution is -2.45. The highest BCUT2D eigenvalue weighted by atomic mass is 32.1. The van der Waals surface area contributed by atoms with Crippen molar-refractivity contribution in [1.82, 2.24) is 10.3 Å². The van der Waals surface area contributed by atoms with Crippen molar-refractivity contribution in [3.05, 3.63) is 39.4 Å². The van der Waals surface area contributed by atoms with E-state index in [0.717, 1.165) is 51.5 Å². The molecule has 186 valence electrons. The Morgan fingerprint density at radius 3 is 2.09 bits per heavy atom. The van der Waals surface area contributed by atoms with Crippen molar-refractivity contribution in [2.75, 3.05) is 0 Å². The van der Waals surface area contributed by atoms with Crippen molar-refractivity contribution in [3.63, 3.8) is 0 Å². The van der Waals surface area contributed by atoms with E-state index in [-0.39, 0.29) is 22.8 Å². The summed E-state index contributed by atoms with van der Waals surface area (Å²) in [6.07, 6.45) is 10.6. The number of thiazole rings is 1. The van der Waals surface area contributed by atoms with E-state index in [2.05, 4.69) is 46.9 Å². The molecule has 0 spiro atoms. The van der Waals surface area contributed by atoms with Gasteiger partial charge in [0.05, 0.1) is 10.6 Å². The molecule has 0 unspecified atom stereocenters. The fourth-order valence-electron chi connectivity index (χ4n) is 5.03. The summed E-state index contributed by atoms with van der Waals surface area (Å²) in [5.41, 5.74) is 2.97. The maximum absolute atomic E-state index is 13.4. The third-order valence-electron chi connectivity index (χ3n) is 7.36. The molecule has 0 aromatic carbocycles. The van der Waals surface area contributed by atoms with Gasteiger partial charge in [0, 0.05) is 34.6 Å². The number of amides is 1. The zero-order valence-corrected chi connectivity index (χ0v) is 22.6. The fourth-order valence-corrected chi connectivity index (χ4v) is 6.02. The number of carbonyl (C=O) groups is 1. The van der Waals surface area contributed by atoms with Crippen LogP contribution in [0.25, 0.3) is 10.4 Å². The SMILES string of the molecule is CC(C)(C)c1cc(-c2sc(C(=O)NC3CCC3)nc2CC2CCCCC2)cc(C(C)(C)C)[n+]1[O-]. The first-order valence-corrected chi connectivity index (χ1v) is 13.8. The number of nitrogens with one attached hydrogen (secondary N) is 1. The van der Waals surface area contributed by atoms with Gasteiger partial charge in [0.1, 0.15) is 0 Å². The van der Waals surface area contributed by atoms with Crippen LogP contribution < -0.4 is 10.0 Å². The van der Waals surface area contributed by atoms with E-state index in [1.165, 1.54) is 49.9 Å². The van der Waals surface area contributed by atoms with Crippen molar-refractivity contribution in [1.29, 1.82) is 0 Å². The second-order valence-corrected chi connectivity index (χ2v) is 13.4. The summed E-state index contributed by atoms with van der Waals surface area (Å²) in [4.78, 5) is 19.0. The van der Waals surface area contributed by atoms with Gasteiger partial charge >= 0.3 is 0 Å². The monoisotopic (exact) mass is 483 g/mol. The molecule has 2 saturated carbocycles. The summed E-state index contributed by atoms with van der Waals surface area (Å²) in [7, 11) is 0. The molecule has 2 fully saturated rings. The predicted octanol–water partition coefficient (Wildman–Crippen LogP) is 6.44. The maximum atomic E-state index is 13.4. The van der Waals surface area contributed by atoms with Crippen LogP contribution in [0, 0.1) is 11.1 Å². The molecule has 2 aliphatic carbocycles. The van der Waals surface area contributed by atoms with Crippen LogP contribution in [0.1, 0.15) is 120 Å².